The number of fused-ring (bicyclic) bond motifs is 3. The summed E-state index contributed by atoms with van der Waals surface area (Å²) in [6, 6.07) is 7.23. The van der Waals surface area contributed by atoms with Gasteiger partial charge in [0.1, 0.15) is 22.9 Å². The van der Waals surface area contributed by atoms with Crippen molar-refractivity contribution < 1.29 is 8.78 Å². The minimum absolute atomic E-state index is 0.0347. The number of pyridine rings is 1. The summed E-state index contributed by atoms with van der Waals surface area (Å²) >= 11 is 0. The van der Waals surface area contributed by atoms with Gasteiger partial charge in [-0.3, -0.25) is 4.90 Å². The number of likely N-dealkylation sites (tertiary alicyclic amines) is 2. The maximum absolute atomic E-state index is 15.0. The van der Waals surface area contributed by atoms with E-state index in [-0.39, 0.29) is 17.7 Å². The molecule has 8 nitrogen and oxygen atoms in total. The third kappa shape index (κ3) is 4.53. The highest BCUT2D eigenvalue weighted by molar-refractivity contribution is 5.83. The Morgan fingerprint density at radius 1 is 1.00 bits per heavy atom. The van der Waals surface area contributed by atoms with Crippen LogP contribution < -0.4 is 5.32 Å². The molecule has 3 aromatic heterocycles. The van der Waals surface area contributed by atoms with E-state index in [0.717, 1.165) is 56.6 Å². The van der Waals surface area contributed by atoms with Crippen molar-refractivity contribution in [1.82, 2.24) is 34.3 Å². The van der Waals surface area contributed by atoms with Crippen LogP contribution in [0.4, 0.5) is 20.5 Å². The summed E-state index contributed by atoms with van der Waals surface area (Å²) in [5, 5.41) is 3.07. The maximum Gasteiger partial charge on any atom is 0.229 e. The lowest BCUT2D eigenvalue weighted by atomic mass is 9.72. The van der Waals surface area contributed by atoms with Gasteiger partial charge in [0.15, 0.2) is 11.6 Å². The molecule has 1 N–H and O–H groups in total. The molecule has 4 aromatic rings. The summed E-state index contributed by atoms with van der Waals surface area (Å²) < 4.78 is 31.9. The van der Waals surface area contributed by atoms with Crippen LogP contribution in [-0.2, 0) is 13.0 Å². The minimum Gasteiger partial charge on any atom is -0.325 e. The number of hydrogen-bond donors (Lipinski definition) is 1. The fourth-order valence-corrected chi connectivity index (χ4v) is 6.70. The molecule has 3 aliphatic heterocycles. The molecule has 1 aromatic carbocycles. The quantitative estimate of drug-likeness (QED) is 0.351. The van der Waals surface area contributed by atoms with Crippen LogP contribution in [-0.4, -0.2) is 67.0 Å². The van der Waals surface area contributed by atoms with E-state index in [1.165, 1.54) is 32.0 Å². The monoisotopic (exact) mass is 544 g/mol. The van der Waals surface area contributed by atoms with Gasteiger partial charge in [-0.15, -0.1) is 0 Å². The Labute approximate surface area is 232 Å². The number of nitrogens with zero attached hydrogens (tertiary/aromatic N) is 7. The topological polar surface area (TPSA) is 75.0 Å². The normalized spacial score (nSPS) is 20.6. The van der Waals surface area contributed by atoms with E-state index in [9.17, 15) is 4.39 Å². The van der Waals surface area contributed by atoms with Crippen molar-refractivity contribution in [3.05, 3.63) is 59.7 Å². The Bertz CT molecular complexity index is 1550. The van der Waals surface area contributed by atoms with Crippen LogP contribution in [0.25, 0.3) is 22.3 Å². The highest BCUT2D eigenvalue weighted by Crippen LogP contribution is 2.40. The molecular formula is C30H34F2N8. The zero-order chi connectivity index (χ0) is 27.4. The van der Waals surface area contributed by atoms with E-state index in [0.29, 0.717) is 27.8 Å². The second kappa shape index (κ2) is 9.85. The summed E-state index contributed by atoms with van der Waals surface area (Å²) in [4.78, 5) is 22.5. The van der Waals surface area contributed by atoms with Crippen LogP contribution in [0.3, 0.4) is 0 Å². The largest absolute Gasteiger partial charge is 0.325 e. The first-order valence-electron chi connectivity index (χ1n) is 14.3. The molecular weight excluding hydrogens is 510 g/mol. The molecule has 0 saturated carbocycles. The molecule has 10 heteroatoms. The number of aromatic nitrogens is 5. The summed E-state index contributed by atoms with van der Waals surface area (Å²) in [6.45, 7) is 11.1. The van der Waals surface area contributed by atoms with E-state index < -0.39 is 11.6 Å². The van der Waals surface area contributed by atoms with Gasteiger partial charge in [0.2, 0.25) is 5.95 Å². The average Bonchev–Trinajstić information content (AvgIpc) is 3.50. The van der Waals surface area contributed by atoms with E-state index in [1.54, 1.807) is 6.07 Å². The highest BCUT2D eigenvalue weighted by Gasteiger charge is 2.43. The zero-order valence-electron chi connectivity index (χ0n) is 23.0. The third-order valence-corrected chi connectivity index (χ3v) is 9.02. The standard InChI is InChI=1S/C30H34F2N8/c1-3-38-17-30(18-38)8-10-39(11-9-30)16-20-5-6-25(33-14-20)35-29-34-15-23(32)27(37-29)21-12-22(31)28-24(13-21)40-19(2)4-7-26(40)36-28/h5-6,12-15,19H,3-4,7-11,16-18H2,1-2H3,(H,33,34,35,37)/t19-/m1/s1. The molecule has 1 atom stereocenters. The Kier molecular flexibility index (Phi) is 6.27. The second-order valence-electron chi connectivity index (χ2n) is 11.8. The van der Waals surface area contributed by atoms with Gasteiger partial charge in [0.25, 0.3) is 0 Å². The van der Waals surface area contributed by atoms with Crippen molar-refractivity contribution in [1.29, 1.82) is 0 Å². The number of halogens is 2. The van der Waals surface area contributed by atoms with Crippen molar-refractivity contribution in [3.63, 3.8) is 0 Å². The minimum atomic E-state index is -0.616. The van der Waals surface area contributed by atoms with Crippen molar-refractivity contribution in [2.45, 2.75) is 52.1 Å². The first-order chi connectivity index (χ1) is 19.4. The van der Waals surface area contributed by atoms with Crippen molar-refractivity contribution >= 4 is 22.8 Å². The number of imidazole rings is 1. The number of aryl methyl sites for hydroxylation is 1. The maximum atomic E-state index is 15.0. The molecule has 0 amide bonds. The van der Waals surface area contributed by atoms with Crippen LogP contribution >= 0.6 is 0 Å². The molecule has 3 aliphatic rings. The molecule has 2 fully saturated rings. The van der Waals surface area contributed by atoms with E-state index in [4.69, 9.17) is 0 Å². The molecule has 40 heavy (non-hydrogen) atoms. The Morgan fingerprint density at radius 2 is 1.82 bits per heavy atom. The van der Waals surface area contributed by atoms with Crippen LogP contribution in [0.15, 0.2) is 36.7 Å². The molecule has 0 unspecified atom stereocenters. The number of piperidine rings is 1. The lowest BCUT2D eigenvalue weighted by molar-refractivity contribution is -0.0447. The van der Waals surface area contributed by atoms with Gasteiger partial charge >= 0.3 is 0 Å². The van der Waals surface area contributed by atoms with Crippen LogP contribution in [0.1, 0.15) is 50.5 Å². The predicted octanol–water partition coefficient (Wildman–Crippen LogP) is 5.34. The second-order valence-corrected chi connectivity index (χ2v) is 11.8. The molecule has 0 radical (unpaired) electrons. The van der Waals surface area contributed by atoms with Crippen LogP contribution in [0.2, 0.25) is 0 Å². The van der Waals surface area contributed by atoms with Gasteiger partial charge < -0.3 is 14.8 Å². The van der Waals surface area contributed by atoms with Gasteiger partial charge in [0, 0.05) is 43.9 Å². The van der Waals surface area contributed by atoms with Gasteiger partial charge in [-0.05, 0) is 75.0 Å². The van der Waals surface area contributed by atoms with Gasteiger partial charge in [-0.1, -0.05) is 13.0 Å². The van der Waals surface area contributed by atoms with Crippen LogP contribution in [0.5, 0.6) is 0 Å². The Morgan fingerprint density at radius 3 is 2.58 bits per heavy atom. The molecule has 6 heterocycles. The zero-order valence-corrected chi connectivity index (χ0v) is 23.0. The van der Waals surface area contributed by atoms with Gasteiger partial charge in [0.05, 0.1) is 11.7 Å². The first-order valence-corrected chi connectivity index (χ1v) is 14.3. The van der Waals surface area contributed by atoms with Gasteiger partial charge in [-0.25, -0.2) is 28.7 Å². The molecule has 7 rings (SSSR count). The fraction of sp³-hybridized carbons (Fsp3) is 0.467. The lowest BCUT2D eigenvalue weighted by Gasteiger charge is -2.54. The number of benzene rings is 1. The summed E-state index contributed by atoms with van der Waals surface area (Å²) in [5.41, 5.74) is 3.06. The molecule has 2 saturated heterocycles. The van der Waals surface area contributed by atoms with Gasteiger partial charge in [-0.2, -0.15) is 0 Å². The highest BCUT2D eigenvalue weighted by atomic mass is 19.1. The molecule has 0 aliphatic carbocycles. The fourth-order valence-electron chi connectivity index (χ4n) is 6.70. The van der Waals surface area contributed by atoms with E-state index in [1.807, 2.05) is 16.8 Å². The molecule has 0 bridgehead atoms. The van der Waals surface area contributed by atoms with E-state index >= 15 is 4.39 Å². The predicted molar refractivity (Wildman–Crippen MR) is 150 cm³/mol. The SMILES string of the molecule is CCN1CC2(CCN(Cc3ccc(Nc4ncc(F)c(-c5cc(F)c6nc7n(c6c5)[C@H](C)CC7)n4)nc3)CC2)C1. The molecule has 1 spiro atoms. The molecule has 208 valence electrons. The number of nitrogens with one attached hydrogen (secondary N) is 1. The Hall–Kier alpha value is -3.50. The van der Waals surface area contributed by atoms with Crippen molar-refractivity contribution in [2.24, 2.45) is 5.41 Å². The number of hydrogen-bond acceptors (Lipinski definition) is 7. The van der Waals surface area contributed by atoms with E-state index in [2.05, 4.69) is 55.0 Å². The van der Waals surface area contributed by atoms with Crippen molar-refractivity contribution in [2.75, 3.05) is 38.0 Å². The summed E-state index contributed by atoms with van der Waals surface area (Å²) in [5.74, 6) is 0.536. The smallest absolute Gasteiger partial charge is 0.229 e. The Balaban J connectivity index is 1.04. The van der Waals surface area contributed by atoms with Crippen LogP contribution in [0, 0.1) is 17.0 Å². The summed E-state index contributed by atoms with van der Waals surface area (Å²) in [6.07, 6.45) is 7.27. The average molecular weight is 545 g/mol. The first kappa shape index (κ1) is 25.5. The summed E-state index contributed by atoms with van der Waals surface area (Å²) in [7, 11) is 0. The lowest BCUT2D eigenvalue weighted by Crippen LogP contribution is -2.59. The number of anilines is 2. The third-order valence-electron chi connectivity index (χ3n) is 9.02. The number of rotatable bonds is 6. The van der Waals surface area contributed by atoms with Crippen molar-refractivity contribution in [3.8, 4) is 11.3 Å².